The second-order valence-corrected chi connectivity index (χ2v) is 9.40. The molecule has 1 aromatic heterocycles. The fourth-order valence-electron chi connectivity index (χ4n) is 4.70. The summed E-state index contributed by atoms with van der Waals surface area (Å²) in [7, 11) is 0. The molecule has 6 heteroatoms. The zero-order valence-corrected chi connectivity index (χ0v) is 19.7. The number of rotatable bonds is 4. The number of carbonyl (C=O) groups is 2. The largest absolute Gasteiger partial charge is 0.341 e. The number of nitrogens with zero attached hydrogens (tertiary/aromatic N) is 1. The van der Waals surface area contributed by atoms with Crippen LogP contribution in [0.15, 0.2) is 91.0 Å². The van der Waals surface area contributed by atoms with Gasteiger partial charge in [-0.15, -0.1) is 0 Å². The number of aromatic nitrogens is 1. The lowest BCUT2D eigenvalue weighted by Gasteiger charge is -2.18. The third-order valence-electron chi connectivity index (χ3n) is 6.45. The van der Waals surface area contributed by atoms with Crippen molar-refractivity contribution in [2.75, 3.05) is 5.32 Å². The van der Waals surface area contributed by atoms with E-state index in [0.717, 1.165) is 37.9 Å². The van der Waals surface area contributed by atoms with Crippen LogP contribution in [0.1, 0.15) is 43.6 Å². The van der Waals surface area contributed by atoms with Gasteiger partial charge in [-0.1, -0.05) is 66.7 Å². The quantitative estimate of drug-likeness (QED) is 0.318. The summed E-state index contributed by atoms with van der Waals surface area (Å²) in [4.78, 5) is 26.2. The van der Waals surface area contributed by atoms with Crippen LogP contribution in [0.4, 0.5) is 5.69 Å². The van der Waals surface area contributed by atoms with Crippen LogP contribution >= 0.6 is 11.5 Å². The first-order chi connectivity index (χ1) is 17.1. The van der Waals surface area contributed by atoms with Crippen molar-refractivity contribution in [2.45, 2.75) is 13.0 Å². The lowest BCUT2D eigenvalue weighted by Crippen LogP contribution is -2.21. The van der Waals surface area contributed by atoms with Gasteiger partial charge in [0.25, 0.3) is 11.8 Å². The zero-order valence-electron chi connectivity index (χ0n) is 18.9. The van der Waals surface area contributed by atoms with Gasteiger partial charge in [0, 0.05) is 22.2 Å². The van der Waals surface area contributed by atoms with Crippen molar-refractivity contribution < 1.29 is 9.59 Å². The van der Waals surface area contributed by atoms with E-state index in [2.05, 4.69) is 15.0 Å². The van der Waals surface area contributed by atoms with Crippen molar-refractivity contribution >= 4 is 39.1 Å². The molecule has 2 N–H and O–H groups in total. The first-order valence-corrected chi connectivity index (χ1v) is 12.1. The summed E-state index contributed by atoms with van der Waals surface area (Å²) in [5.74, 6) is -0.436. The topological polar surface area (TPSA) is 71.1 Å². The Morgan fingerprint density at radius 3 is 2.54 bits per heavy atom. The number of nitrogens with one attached hydrogen (secondary N) is 2. The first kappa shape index (κ1) is 21.3. The predicted molar refractivity (Wildman–Crippen MR) is 140 cm³/mol. The van der Waals surface area contributed by atoms with Gasteiger partial charge in [0.1, 0.15) is 5.69 Å². The lowest BCUT2D eigenvalue weighted by molar-refractivity contribution is 0.0959. The molecule has 4 aromatic carbocycles. The molecule has 6 rings (SSSR count). The Labute approximate surface area is 206 Å². The monoisotopic (exact) mass is 475 g/mol. The molecule has 0 aliphatic carbocycles. The molecule has 1 atom stereocenters. The van der Waals surface area contributed by atoms with E-state index in [9.17, 15) is 9.59 Å². The van der Waals surface area contributed by atoms with Crippen molar-refractivity contribution in [2.24, 2.45) is 0 Å². The van der Waals surface area contributed by atoms with Gasteiger partial charge in [-0.05, 0) is 65.0 Å². The number of carbonyl (C=O) groups excluding carboxylic acids is 2. The van der Waals surface area contributed by atoms with E-state index < -0.39 is 0 Å². The van der Waals surface area contributed by atoms with Gasteiger partial charge in [0.15, 0.2) is 0 Å². The SMILES string of the molecule is Cc1ccccc1C1NC(=O)c2cccc(NC(=O)c3nsc4ccc(-c5ccccc5)cc34)c21. The minimum absolute atomic E-state index is 0.143. The van der Waals surface area contributed by atoms with Gasteiger partial charge in [-0.3, -0.25) is 9.59 Å². The molecule has 1 aliphatic heterocycles. The fourth-order valence-corrected chi connectivity index (χ4v) is 5.46. The second-order valence-electron chi connectivity index (χ2n) is 8.59. The molecular weight excluding hydrogens is 454 g/mol. The van der Waals surface area contributed by atoms with Crippen LogP contribution in [0.2, 0.25) is 0 Å². The molecule has 1 aliphatic rings. The number of amides is 2. The molecule has 5 aromatic rings. The standard InChI is InChI=1S/C29H21N3O2S/c1-17-8-5-6-11-20(17)26-25-21(28(33)31-26)12-7-13-23(25)30-29(34)27-22-16-19(14-15-24(22)35-32-27)18-9-3-2-4-10-18/h2-16,26H,1H3,(H,30,34)(H,31,33). The summed E-state index contributed by atoms with van der Waals surface area (Å²) >= 11 is 1.30. The molecule has 1 unspecified atom stereocenters. The number of hydrogen-bond donors (Lipinski definition) is 2. The Morgan fingerprint density at radius 2 is 1.71 bits per heavy atom. The highest BCUT2D eigenvalue weighted by molar-refractivity contribution is 7.13. The Balaban J connectivity index is 1.39. The van der Waals surface area contributed by atoms with E-state index in [0.29, 0.717) is 16.9 Å². The molecule has 0 radical (unpaired) electrons. The molecule has 0 bridgehead atoms. The average molecular weight is 476 g/mol. The Morgan fingerprint density at radius 1 is 0.914 bits per heavy atom. The van der Waals surface area contributed by atoms with Crippen molar-refractivity contribution in [1.29, 1.82) is 0 Å². The maximum Gasteiger partial charge on any atom is 0.276 e. The Hall–Kier alpha value is -4.29. The van der Waals surface area contributed by atoms with Crippen LogP contribution < -0.4 is 10.6 Å². The lowest BCUT2D eigenvalue weighted by atomic mass is 9.93. The molecule has 2 heterocycles. The number of aryl methyl sites for hydroxylation is 1. The summed E-state index contributed by atoms with van der Waals surface area (Å²) in [6.07, 6.45) is 0. The van der Waals surface area contributed by atoms with Crippen LogP contribution in [-0.2, 0) is 0 Å². The van der Waals surface area contributed by atoms with Gasteiger partial charge < -0.3 is 10.6 Å². The summed E-state index contributed by atoms with van der Waals surface area (Å²) < 4.78 is 5.42. The second kappa shape index (κ2) is 8.49. The summed E-state index contributed by atoms with van der Waals surface area (Å²) in [5.41, 5.74) is 6.54. The molecule has 2 amide bonds. The molecule has 0 fully saturated rings. The van der Waals surface area contributed by atoms with E-state index in [4.69, 9.17) is 0 Å². The molecule has 0 saturated carbocycles. The van der Waals surface area contributed by atoms with Gasteiger partial charge >= 0.3 is 0 Å². The maximum absolute atomic E-state index is 13.5. The number of fused-ring (bicyclic) bond motifs is 2. The van der Waals surface area contributed by atoms with E-state index in [1.807, 2.05) is 85.8 Å². The van der Waals surface area contributed by atoms with Crippen molar-refractivity contribution in [1.82, 2.24) is 9.69 Å². The van der Waals surface area contributed by atoms with Crippen molar-refractivity contribution in [3.63, 3.8) is 0 Å². The number of anilines is 1. The molecule has 0 spiro atoms. The van der Waals surface area contributed by atoms with E-state index in [1.54, 1.807) is 12.1 Å². The molecule has 5 nitrogen and oxygen atoms in total. The predicted octanol–water partition coefficient (Wildman–Crippen LogP) is 6.36. The Kier molecular flexibility index (Phi) is 5.16. The van der Waals surface area contributed by atoms with Crippen molar-refractivity contribution in [3.8, 4) is 11.1 Å². The summed E-state index contributed by atoms with van der Waals surface area (Å²) in [6, 6.07) is 29.2. The van der Waals surface area contributed by atoms with Gasteiger partial charge in [-0.25, -0.2) is 0 Å². The molecule has 170 valence electrons. The average Bonchev–Trinajstić information content (AvgIpc) is 3.46. The third-order valence-corrected chi connectivity index (χ3v) is 7.28. The molecule has 35 heavy (non-hydrogen) atoms. The normalized spacial score (nSPS) is 14.5. The third kappa shape index (κ3) is 3.68. The van der Waals surface area contributed by atoms with Crippen LogP contribution in [0.5, 0.6) is 0 Å². The number of benzene rings is 4. The molecule has 0 saturated heterocycles. The van der Waals surface area contributed by atoms with Crippen LogP contribution in [-0.4, -0.2) is 16.2 Å². The highest BCUT2D eigenvalue weighted by atomic mass is 32.1. The van der Waals surface area contributed by atoms with E-state index >= 15 is 0 Å². The highest BCUT2D eigenvalue weighted by Gasteiger charge is 2.33. The summed E-state index contributed by atoms with van der Waals surface area (Å²) in [6.45, 7) is 2.02. The van der Waals surface area contributed by atoms with E-state index in [1.165, 1.54) is 11.5 Å². The van der Waals surface area contributed by atoms with E-state index in [-0.39, 0.29) is 17.9 Å². The first-order valence-electron chi connectivity index (χ1n) is 11.4. The van der Waals surface area contributed by atoms with Crippen LogP contribution in [0, 0.1) is 6.92 Å². The smallest absolute Gasteiger partial charge is 0.276 e. The highest BCUT2D eigenvalue weighted by Crippen LogP contribution is 2.38. The minimum Gasteiger partial charge on any atom is -0.341 e. The minimum atomic E-state index is -0.327. The fraction of sp³-hybridized carbons (Fsp3) is 0.0690. The summed E-state index contributed by atoms with van der Waals surface area (Å²) in [5, 5.41) is 6.94. The van der Waals surface area contributed by atoms with Crippen LogP contribution in [0.25, 0.3) is 21.2 Å². The van der Waals surface area contributed by atoms with Crippen LogP contribution in [0.3, 0.4) is 0 Å². The number of hydrogen-bond acceptors (Lipinski definition) is 4. The Bertz CT molecular complexity index is 1610. The maximum atomic E-state index is 13.5. The van der Waals surface area contributed by atoms with Gasteiger partial charge in [0.05, 0.1) is 10.7 Å². The van der Waals surface area contributed by atoms with Crippen molar-refractivity contribution in [3.05, 3.63) is 119 Å². The molecular formula is C29H21N3O2S. The van der Waals surface area contributed by atoms with Gasteiger partial charge in [-0.2, -0.15) is 4.37 Å². The van der Waals surface area contributed by atoms with Gasteiger partial charge in [0.2, 0.25) is 0 Å². The zero-order chi connectivity index (χ0) is 23.9.